The minimum Gasteiger partial charge on any atom is -0.325 e. The number of nitrogens with one attached hydrogen (secondary N) is 2. The molecule has 1 aliphatic heterocycles. The quantitative estimate of drug-likeness (QED) is 0.830. The maximum atomic E-state index is 12.9. The molecule has 0 aromatic heterocycles. The van der Waals surface area contributed by atoms with Crippen molar-refractivity contribution >= 4 is 35.1 Å². The molecule has 2 N–H and O–H groups in total. The summed E-state index contributed by atoms with van der Waals surface area (Å²) in [4.78, 5) is 49.6. The van der Waals surface area contributed by atoms with Crippen LogP contribution in [0, 0.1) is 11.7 Å². The van der Waals surface area contributed by atoms with E-state index in [0.717, 1.165) is 17.0 Å². The molecule has 0 bridgehead atoms. The molecule has 1 aliphatic rings. The van der Waals surface area contributed by atoms with Gasteiger partial charge in [-0.2, -0.15) is 0 Å². The molecule has 0 radical (unpaired) electrons. The SMILES string of the molecule is O=C1NC(=O)N(c2ccccc2)C(=O)C1C(=O)Nc1ccc(F)cc1. The number of urea groups is 1. The van der Waals surface area contributed by atoms with E-state index in [1.807, 2.05) is 5.32 Å². The van der Waals surface area contributed by atoms with Crippen LogP contribution in [-0.2, 0) is 14.4 Å². The number of benzene rings is 2. The fourth-order valence-corrected chi connectivity index (χ4v) is 2.38. The van der Waals surface area contributed by atoms with Crippen LogP contribution in [0.1, 0.15) is 0 Å². The minimum atomic E-state index is -1.73. The van der Waals surface area contributed by atoms with Crippen molar-refractivity contribution in [2.45, 2.75) is 0 Å². The molecule has 0 aliphatic carbocycles. The monoisotopic (exact) mass is 341 g/mol. The van der Waals surface area contributed by atoms with Crippen LogP contribution in [0.15, 0.2) is 54.6 Å². The first-order valence-corrected chi connectivity index (χ1v) is 7.27. The lowest BCUT2D eigenvalue weighted by atomic mass is 10.0. The maximum Gasteiger partial charge on any atom is 0.335 e. The number of carbonyl (C=O) groups is 4. The minimum absolute atomic E-state index is 0.218. The Balaban J connectivity index is 1.85. The summed E-state index contributed by atoms with van der Waals surface area (Å²) in [7, 11) is 0. The molecular weight excluding hydrogens is 329 g/mol. The van der Waals surface area contributed by atoms with Gasteiger partial charge in [0.25, 0.3) is 5.91 Å². The fourth-order valence-electron chi connectivity index (χ4n) is 2.38. The Bertz CT molecular complexity index is 852. The molecule has 0 saturated carbocycles. The zero-order chi connectivity index (χ0) is 18.0. The molecule has 1 unspecified atom stereocenters. The van der Waals surface area contributed by atoms with Gasteiger partial charge in [-0.3, -0.25) is 19.7 Å². The smallest absolute Gasteiger partial charge is 0.325 e. The summed E-state index contributed by atoms with van der Waals surface area (Å²) >= 11 is 0. The molecular formula is C17H12FN3O4. The molecule has 1 atom stereocenters. The summed E-state index contributed by atoms with van der Waals surface area (Å²) < 4.78 is 12.9. The van der Waals surface area contributed by atoms with Crippen molar-refractivity contribution in [3.8, 4) is 0 Å². The molecule has 1 heterocycles. The standard InChI is InChI=1S/C17H12FN3O4/c18-10-6-8-11(9-7-10)19-14(22)13-15(23)20-17(25)21(16(13)24)12-4-2-1-3-5-12/h1-9,13H,(H,19,22)(H,20,23,25). The van der Waals surface area contributed by atoms with Crippen LogP contribution in [0.3, 0.4) is 0 Å². The number of carbonyl (C=O) groups excluding carboxylic acids is 4. The van der Waals surface area contributed by atoms with Gasteiger partial charge in [0.15, 0.2) is 5.92 Å². The van der Waals surface area contributed by atoms with E-state index in [1.54, 1.807) is 18.2 Å². The first-order valence-electron chi connectivity index (χ1n) is 7.27. The van der Waals surface area contributed by atoms with Crippen LogP contribution in [0.4, 0.5) is 20.6 Å². The van der Waals surface area contributed by atoms with Crippen molar-refractivity contribution in [1.82, 2.24) is 5.32 Å². The highest BCUT2D eigenvalue weighted by Gasteiger charge is 2.45. The van der Waals surface area contributed by atoms with Crippen molar-refractivity contribution in [1.29, 1.82) is 0 Å². The molecule has 0 spiro atoms. The van der Waals surface area contributed by atoms with Crippen molar-refractivity contribution in [3.63, 3.8) is 0 Å². The second-order valence-electron chi connectivity index (χ2n) is 5.23. The molecule has 3 rings (SSSR count). The predicted octanol–water partition coefficient (Wildman–Crippen LogP) is 1.66. The van der Waals surface area contributed by atoms with Gasteiger partial charge in [0, 0.05) is 5.69 Å². The number of halogens is 1. The van der Waals surface area contributed by atoms with Crippen LogP contribution >= 0.6 is 0 Å². The number of para-hydroxylation sites is 1. The Labute approximate surface area is 141 Å². The molecule has 25 heavy (non-hydrogen) atoms. The highest BCUT2D eigenvalue weighted by atomic mass is 19.1. The van der Waals surface area contributed by atoms with E-state index in [2.05, 4.69) is 5.32 Å². The van der Waals surface area contributed by atoms with E-state index in [1.165, 1.54) is 24.3 Å². The Morgan fingerprint density at radius 3 is 2.28 bits per heavy atom. The molecule has 2 aromatic carbocycles. The van der Waals surface area contributed by atoms with E-state index in [-0.39, 0.29) is 11.4 Å². The van der Waals surface area contributed by atoms with Crippen LogP contribution in [-0.4, -0.2) is 23.8 Å². The summed E-state index contributed by atoms with van der Waals surface area (Å²) in [5, 5.41) is 4.35. The lowest BCUT2D eigenvalue weighted by molar-refractivity contribution is -0.139. The van der Waals surface area contributed by atoms with Gasteiger partial charge in [0.1, 0.15) is 5.82 Å². The maximum absolute atomic E-state index is 12.9. The van der Waals surface area contributed by atoms with E-state index in [4.69, 9.17) is 0 Å². The van der Waals surface area contributed by atoms with Gasteiger partial charge in [0.05, 0.1) is 5.69 Å². The van der Waals surface area contributed by atoms with Crippen molar-refractivity contribution < 1.29 is 23.6 Å². The Morgan fingerprint density at radius 1 is 1.00 bits per heavy atom. The van der Waals surface area contributed by atoms with Gasteiger partial charge >= 0.3 is 6.03 Å². The average Bonchev–Trinajstić information content (AvgIpc) is 2.57. The van der Waals surface area contributed by atoms with Crippen LogP contribution < -0.4 is 15.5 Å². The zero-order valence-corrected chi connectivity index (χ0v) is 12.7. The first kappa shape index (κ1) is 16.3. The number of imide groups is 2. The van der Waals surface area contributed by atoms with Crippen LogP contribution in [0.2, 0.25) is 0 Å². The van der Waals surface area contributed by atoms with Gasteiger partial charge in [0.2, 0.25) is 11.8 Å². The van der Waals surface area contributed by atoms with Gasteiger partial charge in [-0.1, -0.05) is 18.2 Å². The number of amides is 5. The Kier molecular flexibility index (Phi) is 4.25. The van der Waals surface area contributed by atoms with Crippen LogP contribution in [0.5, 0.6) is 0 Å². The molecule has 1 saturated heterocycles. The van der Waals surface area contributed by atoms with E-state index >= 15 is 0 Å². The van der Waals surface area contributed by atoms with Gasteiger partial charge in [-0.05, 0) is 36.4 Å². The van der Waals surface area contributed by atoms with Crippen molar-refractivity contribution in [3.05, 3.63) is 60.4 Å². The molecule has 2 aromatic rings. The van der Waals surface area contributed by atoms with E-state index in [9.17, 15) is 23.6 Å². The summed E-state index contributed by atoms with van der Waals surface area (Å²) in [5.74, 6) is -5.11. The summed E-state index contributed by atoms with van der Waals surface area (Å²) in [5.41, 5.74) is 0.451. The third-order valence-electron chi connectivity index (χ3n) is 3.55. The van der Waals surface area contributed by atoms with Crippen molar-refractivity contribution in [2.75, 3.05) is 10.2 Å². The number of anilines is 2. The second-order valence-corrected chi connectivity index (χ2v) is 5.23. The molecule has 1 fully saturated rings. The summed E-state index contributed by atoms with van der Waals surface area (Å²) in [6.07, 6.45) is 0. The third kappa shape index (κ3) is 3.23. The molecule has 126 valence electrons. The lowest BCUT2D eigenvalue weighted by Gasteiger charge is -2.29. The van der Waals surface area contributed by atoms with Gasteiger partial charge in [-0.15, -0.1) is 0 Å². The molecule has 8 heteroatoms. The fraction of sp³-hybridized carbons (Fsp3) is 0.0588. The normalized spacial score (nSPS) is 17.2. The first-order chi connectivity index (χ1) is 12.0. The topological polar surface area (TPSA) is 95.6 Å². The molecule has 7 nitrogen and oxygen atoms in total. The molecule has 5 amide bonds. The predicted molar refractivity (Wildman–Crippen MR) is 86.0 cm³/mol. The Morgan fingerprint density at radius 2 is 1.64 bits per heavy atom. The van der Waals surface area contributed by atoms with E-state index in [0.29, 0.717) is 0 Å². The third-order valence-corrected chi connectivity index (χ3v) is 3.55. The van der Waals surface area contributed by atoms with E-state index < -0.39 is 35.5 Å². The number of rotatable bonds is 3. The van der Waals surface area contributed by atoms with Gasteiger partial charge < -0.3 is 5.32 Å². The van der Waals surface area contributed by atoms with Crippen molar-refractivity contribution in [2.24, 2.45) is 5.92 Å². The summed E-state index contributed by atoms with van der Waals surface area (Å²) in [6, 6.07) is 11.8. The number of hydrogen-bond acceptors (Lipinski definition) is 4. The second kappa shape index (κ2) is 6.52. The zero-order valence-electron chi connectivity index (χ0n) is 12.7. The largest absolute Gasteiger partial charge is 0.335 e. The average molecular weight is 341 g/mol. The highest BCUT2D eigenvalue weighted by Crippen LogP contribution is 2.21. The summed E-state index contributed by atoms with van der Waals surface area (Å²) in [6.45, 7) is 0. The van der Waals surface area contributed by atoms with Crippen LogP contribution in [0.25, 0.3) is 0 Å². The van der Waals surface area contributed by atoms with Gasteiger partial charge in [-0.25, -0.2) is 14.1 Å². The number of nitrogens with zero attached hydrogens (tertiary/aromatic N) is 1. The lowest BCUT2D eigenvalue weighted by Crippen LogP contribution is -2.61. The Hall–Kier alpha value is -3.55. The number of hydrogen-bond donors (Lipinski definition) is 2. The number of barbiturate groups is 1. The highest BCUT2D eigenvalue weighted by molar-refractivity contribution is 6.35.